The lowest BCUT2D eigenvalue weighted by atomic mass is 9.87. The van der Waals surface area contributed by atoms with Gasteiger partial charge in [-0.15, -0.1) is 0 Å². The molecule has 2 fully saturated rings. The predicted octanol–water partition coefficient (Wildman–Crippen LogP) is 4.53. The van der Waals surface area contributed by atoms with E-state index in [1.807, 2.05) is 4.90 Å². The van der Waals surface area contributed by atoms with Gasteiger partial charge in [0, 0.05) is 50.2 Å². The number of likely N-dealkylation sites (tertiary alicyclic amines) is 1. The zero-order chi connectivity index (χ0) is 27.9. The van der Waals surface area contributed by atoms with Crippen molar-refractivity contribution in [1.82, 2.24) is 14.7 Å². The molecule has 0 spiro atoms. The summed E-state index contributed by atoms with van der Waals surface area (Å²) in [5, 5.41) is 10.2. The number of benzene rings is 2. The van der Waals surface area contributed by atoms with E-state index in [1.165, 1.54) is 28.7 Å². The van der Waals surface area contributed by atoms with E-state index in [4.69, 9.17) is 0 Å². The predicted molar refractivity (Wildman–Crippen MR) is 155 cm³/mol. The van der Waals surface area contributed by atoms with Gasteiger partial charge in [-0.2, -0.15) is 0 Å². The highest BCUT2D eigenvalue weighted by atomic mass is 16.4. The van der Waals surface area contributed by atoms with Crippen molar-refractivity contribution in [1.29, 1.82) is 0 Å². The van der Waals surface area contributed by atoms with Crippen LogP contribution in [0.15, 0.2) is 42.5 Å². The minimum Gasteiger partial charge on any atom is -0.480 e. The second-order valence-electron chi connectivity index (χ2n) is 13.1. The Morgan fingerprint density at radius 3 is 2.36 bits per heavy atom. The lowest BCUT2D eigenvalue weighted by Crippen LogP contribution is -2.59. The number of hydrogen-bond donors (Lipinski definition) is 1. The Bertz CT molecular complexity index is 1200. The summed E-state index contributed by atoms with van der Waals surface area (Å²) in [5.41, 5.74) is 6.34. The van der Waals surface area contributed by atoms with E-state index in [-0.39, 0.29) is 29.3 Å². The van der Waals surface area contributed by atoms with Crippen LogP contribution in [-0.2, 0) is 28.9 Å². The molecule has 0 aromatic heterocycles. The molecule has 1 aliphatic carbocycles. The van der Waals surface area contributed by atoms with Crippen LogP contribution in [0.1, 0.15) is 67.9 Å². The van der Waals surface area contributed by atoms with E-state index in [9.17, 15) is 14.7 Å². The van der Waals surface area contributed by atoms with Crippen molar-refractivity contribution >= 4 is 11.9 Å². The highest BCUT2D eigenvalue weighted by Gasteiger charge is 2.45. The SMILES string of the molecule is Cc1ccc(C2CN(C(C)(C)C)CC2C(=O)N2CCN([C@@H](Cc3ccc4c(c3)CCC4)C(=O)O)C[C@@H]2C)cc1. The lowest BCUT2D eigenvalue weighted by molar-refractivity contribution is -0.147. The van der Waals surface area contributed by atoms with E-state index in [2.05, 4.69) is 86.9 Å². The summed E-state index contributed by atoms with van der Waals surface area (Å²) >= 11 is 0. The average Bonchev–Trinajstić information content (AvgIpc) is 3.54. The Morgan fingerprint density at radius 2 is 1.69 bits per heavy atom. The topological polar surface area (TPSA) is 64.1 Å². The number of hydrogen-bond acceptors (Lipinski definition) is 4. The van der Waals surface area contributed by atoms with E-state index < -0.39 is 12.0 Å². The van der Waals surface area contributed by atoms with Crippen LogP contribution >= 0.6 is 0 Å². The summed E-state index contributed by atoms with van der Waals surface area (Å²) in [6.45, 7) is 14.2. The van der Waals surface area contributed by atoms with Crippen LogP contribution in [0.5, 0.6) is 0 Å². The van der Waals surface area contributed by atoms with Gasteiger partial charge in [0.25, 0.3) is 0 Å². The molecule has 2 heterocycles. The summed E-state index contributed by atoms with van der Waals surface area (Å²) in [7, 11) is 0. The fourth-order valence-electron chi connectivity index (χ4n) is 6.91. The van der Waals surface area contributed by atoms with Crippen LogP contribution in [0.3, 0.4) is 0 Å². The van der Waals surface area contributed by atoms with Gasteiger partial charge in [-0.1, -0.05) is 48.0 Å². The number of aryl methyl sites for hydroxylation is 3. The summed E-state index contributed by atoms with van der Waals surface area (Å²) in [6.07, 6.45) is 3.91. The Kier molecular flexibility index (Phi) is 7.89. The number of carbonyl (C=O) groups is 2. The number of piperazine rings is 1. The fourth-order valence-corrected chi connectivity index (χ4v) is 6.91. The van der Waals surface area contributed by atoms with Crippen LogP contribution in [0, 0.1) is 12.8 Å². The van der Waals surface area contributed by atoms with Gasteiger partial charge in [-0.3, -0.25) is 19.4 Å². The quantitative estimate of drug-likeness (QED) is 0.594. The monoisotopic (exact) mass is 531 g/mol. The number of nitrogens with zero attached hydrogens (tertiary/aromatic N) is 3. The molecule has 4 atom stereocenters. The van der Waals surface area contributed by atoms with Gasteiger partial charge in [-0.05, 0) is 82.6 Å². The second-order valence-corrected chi connectivity index (χ2v) is 13.1. The summed E-state index contributed by atoms with van der Waals surface area (Å²) in [5.74, 6) is -0.500. The van der Waals surface area contributed by atoms with Crippen LogP contribution in [0.25, 0.3) is 0 Å². The minimum absolute atomic E-state index is 0.00540. The molecule has 2 aromatic rings. The molecule has 5 rings (SSSR count). The van der Waals surface area contributed by atoms with Crippen LogP contribution in [-0.4, -0.2) is 82.0 Å². The maximum atomic E-state index is 14.1. The highest BCUT2D eigenvalue weighted by molar-refractivity contribution is 5.81. The third-order valence-corrected chi connectivity index (χ3v) is 9.35. The molecule has 3 aliphatic rings. The number of carbonyl (C=O) groups excluding carboxylic acids is 1. The first kappa shape index (κ1) is 27.9. The molecule has 0 saturated carbocycles. The Hall–Kier alpha value is -2.70. The molecular formula is C33H45N3O3. The van der Waals surface area contributed by atoms with Gasteiger partial charge in [0.15, 0.2) is 0 Å². The van der Waals surface area contributed by atoms with E-state index >= 15 is 0 Å². The van der Waals surface area contributed by atoms with Crippen molar-refractivity contribution in [3.63, 3.8) is 0 Å². The molecule has 2 aliphatic heterocycles. The summed E-state index contributed by atoms with van der Waals surface area (Å²) < 4.78 is 0. The number of carboxylic acids is 1. The van der Waals surface area contributed by atoms with Crippen LogP contribution in [0.4, 0.5) is 0 Å². The van der Waals surface area contributed by atoms with E-state index in [0.29, 0.717) is 26.1 Å². The minimum atomic E-state index is -0.779. The molecule has 2 unspecified atom stereocenters. The number of rotatable bonds is 6. The van der Waals surface area contributed by atoms with Crippen molar-refractivity contribution in [2.24, 2.45) is 5.92 Å². The molecule has 0 radical (unpaired) electrons. The van der Waals surface area contributed by atoms with Crippen LogP contribution < -0.4 is 0 Å². The third-order valence-electron chi connectivity index (χ3n) is 9.35. The van der Waals surface area contributed by atoms with Crippen molar-refractivity contribution < 1.29 is 14.7 Å². The number of amides is 1. The number of aliphatic carboxylic acids is 1. The molecule has 39 heavy (non-hydrogen) atoms. The summed E-state index contributed by atoms with van der Waals surface area (Å²) in [6, 6.07) is 14.6. The largest absolute Gasteiger partial charge is 0.480 e. The Balaban J connectivity index is 1.29. The normalized spacial score (nSPS) is 25.1. The highest BCUT2D eigenvalue weighted by Crippen LogP contribution is 2.38. The molecule has 210 valence electrons. The first-order valence-electron chi connectivity index (χ1n) is 14.7. The Morgan fingerprint density at radius 1 is 0.974 bits per heavy atom. The van der Waals surface area contributed by atoms with Crippen molar-refractivity contribution in [2.75, 3.05) is 32.7 Å². The van der Waals surface area contributed by atoms with E-state index in [0.717, 1.165) is 31.5 Å². The van der Waals surface area contributed by atoms with Gasteiger partial charge in [0.1, 0.15) is 6.04 Å². The summed E-state index contributed by atoms with van der Waals surface area (Å²) in [4.78, 5) is 33.1. The maximum Gasteiger partial charge on any atom is 0.321 e. The van der Waals surface area contributed by atoms with Crippen molar-refractivity contribution in [3.8, 4) is 0 Å². The van der Waals surface area contributed by atoms with Crippen molar-refractivity contribution in [2.45, 2.75) is 83.8 Å². The lowest BCUT2D eigenvalue weighted by Gasteiger charge is -2.43. The van der Waals surface area contributed by atoms with Gasteiger partial charge in [0.05, 0.1) is 5.92 Å². The average molecular weight is 532 g/mol. The zero-order valence-electron chi connectivity index (χ0n) is 24.3. The molecular weight excluding hydrogens is 486 g/mol. The van der Waals surface area contributed by atoms with Gasteiger partial charge >= 0.3 is 5.97 Å². The number of fused-ring (bicyclic) bond motifs is 1. The van der Waals surface area contributed by atoms with Gasteiger partial charge in [-0.25, -0.2) is 0 Å². The fraction of sp³-hybridized carbons (Fsp3) is 0.576. The zero-order valence-corrected chi connectivity index (χ0v) is 24.3. The first-order chi connectivity index (χ1) is 18.5. The maximum absolute atomic E-state index is 14.1. The first-order valence-corrected chi connectivity index (χ1v) is 14.7. The standard InChI is InChI=1S/C33H45N3O3/c1-22-9-12-26(13-10-22)28-20-35(33(3,4)5)21-29(28)31(37)36-16-15-34(19-23(36)2)30(32(38)39)18-24-11-14-25-7-6-8-27(25)17-24/h9-14,17,23,28-30H,6-8,15-16,18-21H2,1-5H3,(H,38,39)/t23-,28?,29?,30-/m0/s1. The Labute approximate surface area is 234 Å². The molecule has 0 bridgehead atoms. The molecule has 1 amide bonds. The molecule has 6 nitrogen and oxygen atoms in total. The molecule has 2 saturated heterocycles. The third kappa shape index (κ3) is 5.92. The smallest absolute Gasteiger partial charge is 0.321 e. The molecule has 6 heteroatoms. The van der Waals surface area contributed by atoms with Gasteiger partial charge < -0.3 is 10.0 Å². The second kappa shape index (κ2) is 11.1. The van der Waals surface area contributed by atoms with Crippen LogP contribution in [0.2, 0.25) is 0 Å². The molecule has 1 N–H and O–H groups in total. The van der Waals surface area contributed by atoms with Gasteiger partial charge in [0.2, 0.25) is 5.91 Å². The van der Waals surface area contributed by atoms with E-state index in [1.54, 1.807) is 0 Å². The number of carboxylic acid groups (broad SMARTS) is 1. The molecule has 2 aromatic carbocycles. The van der Waals surface area contributed by atoms with Crippen molar-refractivity contribution in [3.05, 3.63) is 70.3 Å².